The molecule has 0 bridgehead atoms. The topological polar surface area (TPSA) is 81.1 Å². The van der Waals surface area contributed by atoms with Gasteiger partial charge in [-0.1, -0.05) is 23.8 Å². The number of anilines is 1. The molecule has 0 saturated heterocycles. The predicted molar refractivity (Wildman–Crippen MR) is 60.5 cm³/mol. The minimum absolute atomic E-state index is 0.170. The van der Waals surface area contributed by atoms with Crippen molar-refractivity contribution in [2.24, 2.45) is 11.5 Å². The van der Waals surface area contributed by atoms with E-state index in [9.17, 15) is 4.79 Å². The third kappa shape index (κ3) is 2.58. The Hall–Kier alpha value is -1.33. The molecule has 2 amide bonds. The maximum atomic E-state index is 10.5. The van der Waals surface area contributed by atoms with E-state index in [0.29, 0.717) is 16.3 Å². The van der Waals surface area contributed by atoms with Crippen LogP contribution in [0.5, 0.6) is 0 Å². The number of nitrogens with two attached hydrogens (primary N) is 2. The minimum Gasteiger partial charge on any atom is -0.389 e. The van der Waals surface area contributed by atoms with Gasteiger partial charge in [-0.3, -0.25) is 0 Å². The molecule has 0 atom stereocenters. The monoisotopic (exact) mass is 229 g/mol. The van der Waals surface area contributed by atoms with Gasteiger partial charge in [0, 0.05) is 11.3 Å². The van der Waals surface area contributed by atoms with Crippen LogP contribution in [0.2, 0.25) is 5.02 Å². The Morgan fingerprint density at radius 2 is 2.07 bits per heavy atom. The second kappa shape index (κ2) is 4.26. The van der Waals surface area contributed by atoms with Gasteiger partial charge in [-0.2, -0.15) is 0 Å². The summed E-state index contributed by atoms with van der Waals surface area (Å²) in [4.78, 5) is 10.7. The van der Waals surface area contributed by atoms with Gasteiger partial charge >= 0.3 is 6.03 Å². The summed E-state index contributed by atoms with van der Waals surface area (Å²) in [7, 11) is 0. The molecule has 0 unspecified atom stereocenters. The van der Waals surface area contributed by atoms with E-state index in [0.717, 1.165) is 0 Å². The zero-order chi connectivity index (χ0) is 10.7. The fourth-order valence-corrected chi connectivity index (χ4v) is 1.38. The van der Waals surface area contributed by atoms with Gasteiger partial charge in [-0.15, -0.1) is 0 Å². The standard InChI is InChI=1S/C8H8ClN3OS/c9-6-2-1-4(12-8(11)13)3-5(6)7(10)14/h1-3H,(H2,10,14)(H3,11,12,13). The number of amides is 2. The van der Waals surface area contributed by atoms with Gasteiger partial charge in [-0.25, -0.2) is 4.79 Å². The number of carbonyl (C=O) groups is 1. The summed E-state index contributed by atoms with van der Waals surface area (Å²) in [6, 6.07) is 4.10. The van der Waals surface area contributed by atoms with Crippen LogP contribution in [-0.2, 0) is 0 Å². The molecule has 0 aliphatic heterocycles. The molecule has 4 nitrogen and oxygen atoms in total. The van der Waals surface area contributed by atoms with Crippen LogP contribution < -0.4 is 16.8 Å². The number of nitrogens with one attached hydrogen (secondary N) is 1. The van der Waals surface area contributed by atoms with Gasteiger partial charge in [0.05, 0.1) is 5.02 Å². The number of hydrogen-bond donors (Lipinski definition) is 3. The SMILES string of the molecule is NC(=O)Nc1ccc(Cl)c(C(N)=S)c1. The maximum absolute atomic E-state index is 10.5. The molecular formula is C8H8ClN3OS. The smallest absolute Gasteiger partial charge is 0.316 e. The number of carbonyl (C=O) groups excluding carboxylic acids is 1. The molecule has 0 aromatic heterocycles. The molecule has 74 valence electrons. The normalized spacial score (nSPS) is 9.50. The summed E-state index contributed by atoms with van der Waals surface area (Å²) in [5, 5.41) is 2.83. The van der Waals surface area contributed by atoms with E-state index in [1.807, 2.05) is 0 Å². The highest BCUT2D eigenvalue weighted by Crippen LogP contribution is 2.20. The second-order valence-electron chi connectivity index (χ2n) is 2.55. The van der Waals surface area contributed by atoms with E-state index in [-0.39, 0.29) is 4.99 Å². The zero-order valence-electron chi connectivity index (χ0n) is 7.08. The van der Waals surface area contributed by atoms with Gasteiger partial charge in [0.1, 0.15) is 4.99 Å². The highest BCUT2D eigenvalue weighted by atomic mass is 35.5. The van der Waals surface area contributed by atoms with Crippen molar-refractivity contribution in [1.29, 1.82) is 0 Å². The third-order valence-corrected chi connectivity index (χ3v) is 2.05. The first kappa shape index (κ1) is 10.7. The van der Waals surface area contributed by atoms with E-state index >= 15 is 0 Å². The molecule has 0 heterocycles. The zero-order valence-corrected chi connectivity index (χ0v) is 8.65. The summed E-state index contributed by atoms with van der Waals surface area (Å²) in [6.45, 7) is 0. The Morgan fingerprint density at radius 3 is 2.57 bits per heavy atom. The van der Waals surface area contributed by atoms with E-state index in [2.05, 4.69) is 5.32 Å². The van der Waals surface area contributed by atoms with Crippen LogP contribution in [-0.4, -0.2) is 11.0 Å². The van der Waals surface area contributed by atoms with E-state index in [1.165, 1.54) is 0 Å². The molecule has 14 heavy (non-hydrogen) atoms. The van der Waals surface area contributed by atoms with E-state index in [4.69, 9.17) is 35.3 Å². The molecule has 0 saturated carbocycles. The van der Waals surface area contributed by atoms with Crippen LogP contribution in [0.3, 0.4) is 0 Å². The van der Waals surface area contributed by atoms with Crippen LogP contribution >= 0.6 is 23.8 Å². The molecule has 5 N–H and O–H groups in total. The molecular weight excluding hydrogens is 222 g/mol. The summed E-state index contributed by atoms with van der Waals surface area (Å²) in [5.41, 5.74) is 11.4. The lowest BCUT2D eigenvalue weighted by Gasteiger charge is -2.05. The molecule has 0 aliphatic carbocycles. The van der Waals surface area contributed by atoms with Crippen molar-refractivity contribution in [1.82, 2.24) is 0 Å². The second-order valence-corrected chi connectivity index (χ2v) is 3.40. The Balaban J connectivity index is 3.06. The van der Waals surface area contributed by atoms with Crippen molar-refractivity contribution in [2.75, 3.05) is 5.32 Å². The molecule has 6 heteroatoms. The van der Waals surface area contributed by atoms with Gasteiger partial charge in [0.25, 0.3) is 0 Å². The first-order valence-electron chi connectivity index (χ1n) is 3.66. The summed E-state index contributed by atoms with van der Waals surface area (Å²) < 4.78 is 0. The van der Waals surface area contributed by atoms with Crippen molar-refractivity contribution >= 4 is 40.5 Å². The Kier molecular flexibility index (Phi) is 3.27. The molecule has 0 aliphatic rings. The first-order valence-corrected chi connectivity index (χ1v) is 4.45. The number of urea groups is 1. The Bertz CT molecular complexity index is 394. The van der Waals surface area contributed by atoms with Crippen molar-refractivity contribution < 1.29 is 4.79 Å². The lowest BCUT2D eigenvalue weighted by molar-refractivity contribution is 0.259. The Labute approximate surface area is 91.2 Å². The average Bonchev–Trinajstić information content (AvgIpc) is 2.07. The van der Waals surface area contributed by atoms with Gasteiger partial charge in [-0.05, 0) is 18.2 Å². The number of hydrogen-bond acceptors (Lipinski definition) is 2. The highest BCUT2D eigenvalue weighted by Gasteiger charge is 2.05. The number of benzene rings is 1. The maximum Gasteiger partial charge on any atom is 0.316 e. The van der Waals surface area contributed by atoms with Gasteiger partial charge in [0.2, 0.25) is 0 Å². The fraction of sp³-hybridized carbons (Fsp3) is 0. The van der Waals surface area contributed by atoms with Gasteiger partial charge < -0.3 is 16.8 Å². The number of rotatable bonds is 2. The average molecular weight is 230 g/mol. The number of thiocarbonyl (C=S) groups is 1. The van der Waals surface area contributed by atoms with E-state index in [1.54, 1.807) is 18.2 Å². The summed E-state index contributed by atoms with van der Waals surface area (Å²) >= 11 is 10.6. The van der Waals surface area contributed by atoms with Crippen LogP contribution in [0.1, 0.15) is 5.56 Å². The largest absolute Gasteiger partial charge is 0.389 e. The number of primary amides is 1. The molecule has 1 aromatic rings. The van der Waals surface area contributed by atoms with Crippen molar-refractivity contribution in [3.8, 4) is 0 Å². The lowest BCUT2D eigenvalue weighted by atomic mass is 10.2. The molecule has 0 radical (unpaired) electrons. The third-order valence-electron chi connectivity index (χ3n) is 1.50. The lowest BCUT2D eigenvalue weighted by Crippen LogP contribution is -2.19. The number of halogens is 1. The van der Waals surface area contributed by atoms with Crippen LogP contribution in [0.15, 0.2) is 18.2 Å². The quantitative estimate of drug-likeness (QED) is 0.672. The molecule has 0 spiro atoms. The van der Waals surface area contributed by atoms with Crippen LogP contribution in [0, 0.1) is 0 Å². The molecule has 1 rings (SSSR count). The Morgan fingerprint density at radius 1 is 1.43 bits per heavy atom. The summed E-state index contributed by atoms with van der Waals surface area (Å²) in [6.07, 6.45) is 0. The first-order chi connectivity index (χ1) is 6.50. The highest BCUT2D eigenvalue weighted by molar-refractivity contribution is 7.80. The minimum atomic E-state index is -0.652. The van der Waals surface area contributed by atoms with Crippen molar-refractivity contribution in [3.05, 3.63) is 28.8 Å². The summed E-state index contributed by atoms with van der Waals surface area (Å²) in [5.74, 6) is 0. The fourth-order valence-electron chi connectivity index (χ4n) is 0.934. The predicted octanol–water partition coefficient (Wildman–Crippen LogP) is 1.46. The molecule has 1 aromatic carbocycles. The van der Waals surface area contributed by atoms with Crippen molar-refractivity contribution in [3.63, 3.8) is 0 Å². The van der Waals surface area contributed by atoms with Crippen molar-refractivity contribution in [2.45, 2.75) is 0 Å². The van der Waals surface area contributed by atoms with E-state index < -0.39 is 6.03 Å². The van der Waals surface area contributed by atoms with Crippen LogP contribution in [0.25, 0.3) is 0 Å². The van der Waals surface area contributed by atoms with Gasteiger partial charge in [0.15, 0.2) is 0 Å². The molecule has 0 fully saturated rings. The van der Waals surface area contributed by atoms with Crippen LogP contribution in [0.4, 0.5) is 10.5 Å².